The number of aromatic nitrogens is 1. The van der Waals surface area contributed by atoms with E-state index in [4.69, 9.17) is 10.1 Å². The van der Waals surface area contributed by atoms with Crippen molar-refractivity contribution in [1.29, 1.82) is 5.26 Å². The fourth-order valence-corrected chi connectivity index (χ4v) is 2.57. The second-order valence-electron chi connectivity index (χ2n) is 3.21. The molecule has 0 spiro atoms. The van der Waals surface area contributed by atoms with E-state index >= 15 is 0 Å². The lowest BCUT2D eigenvalue weighted by Crippen LogP contribution is -2.26. The van der Waals surface area contributed by atoms with E-state index in [1.54, 1.807) is 0 Å². The summed E-state index contributed by atoms with van der Waals surface area (Å²) in [5.41, 5.74) is 0.182. The molecule has 1 aliphatic heterocycles. The van der Waals surface area contributed by atoms with Crippen molar-refractivity contribution in [3.8, 4) is 6.07 Å². The average Bonchev–Trinajstić information content (AvgIpc) is 2.83. The zero-order chi connectivity index (χ0) is 11.6. The van der Waals surface area contributed by atoms with Crippen LogP contribution < -0.4 is 0 Å². The SMILES string of the molecule is N#Cc1ccc(S(=O)(=O)N2CCCO2)cn1. The molecule has 1 saturated heterocycles. The van der Waals surface area contributed by atoms with Gasteiger partial charge in [0.15, 0.2) is 0 Å². The Kier molecular flexibility index (Phi) is 2.87. The van der Waals surface area contributed by atoms with Gasteiger partial charge in [0.05, 0.1) is 6.61 Å². The monoisotopic (exact) mass is 239 g/mol. The van der Waals surface area contributed by atoms with Crippen molar-refractivity contribution in [2.45, 2.75) is 11.3 Å². The molecule has 0 unspecified atom stereocenters. The minimum Gasteiger partial charge on any atom is -0.284 e. The molecule has 0 aliphatic carbocycles. The van der Waals surface area contributed by atoms with E-state index < -0.39 is 10.0 Å². The molecule has 2 rings (SSSR count). The third kappa shape index (κ3) is 1.90. The van der Waals surface area contributed by atoms with E-state index in [-0.39, 0.29) is 10.6 Å². The molecule has 0 saturated carbocycles. The predicted octanol–water partition coefficient (Wildman–Crippen LogP) is 0.279. The van der Waals surface area contributed by atoms with Gasteiger partial charge in [-0.3, -0.25) is 4.84 Å². The fraction of sp³-hybridized carbons (Fsp3) is 0.333. The average molecular weight is 239 g/mol. The molecular weight excluding hydrogens is 230 g/mol. The first-order chi connectivity index (χ1) is 7.64. The van der Waals surface area contributed by atoms with E-state index in [0.29, 0.717) is 19.6 Å². The molecular formula is C9H9N3O3S. The van der Waals surface area contributed by atoms with Crippen LogP contribution in [0, 0.1) is 11.3 Å². The Morgan fingerprint density at radius 2 is 2.31 bits per heavy atom. The number of hydroxylamine groups is 1. The van der Waals surface area contributed by atoms with Crippen LogP contribution in [0.3, 0.4) is 0 Å². The summed E-state index contributed by atoms with van der Waals surface area (Å²) in [6, 6.07) is 4.54. The second kappa shape index (κ2) is 4.17. The maximum Gasteiger partial charge on any atom is 0.266 e. The topological polar surface area (TPSA) is 83.3 Å². The lowest BCUT2D eigenvalue weighted by molar-refractivity contribution is -0.0284. The highest BCUT2D eigenvalue weighted by Crippen LogP contribution is 2.18. The number of nitriles is 1. The zero-order valence-electron chi connectivity index (χ0n) is 8.33. The first-order valence-corrected chi connectivity index (χ1v) is 6.10. The first kappa shape index (κ1) is 11.0. The van der Waals surface area contributed by atoms with E-state index in [1.165, 1.54) is 12.1 Å². The zero-order valence-corrected chi connectivity index (χ0v) is 9.14. The molecule has 84 valence electrons. The van der Waals surface area contributed by atoms with Gasteiger partial charge >= 0.3 is 0 Å². The summed E-state index contributed by atoms with van der Waals surface area (Å²) in [7, 11) is -3.62. The quantitative estimate of drug-likeness (QED) is 0.740. The Balaban J connectivity index is 2.32. The second-order valence-corrected chi connectivity index (χ2v) is 5.04. The smallest absolute Gasteiger partial charge is 0.266 e. The summed E-state index contributed by atoms with van der Waals surface area (Å²) in [4.78, 5) is 8.73. The molecule has 1 aromatic rings. The molecule has 16 heavy (non-hydrogen) atoms. The fourth-order valence-electron chi connectivity index (χ4n) is 1.33. The molecule has 1 aliphatic rings. The van der Waals surface area contributed by atoms with Gasteiger partial charge in [0, 0.05) is 12.7 Å². The highest BCUT2D eigenvalue weighted by Gasteiger charge is 2.28. The third-order valence-electron chi connectivity index (χ3n) is 2.14. The van der Waals surface area contributed by atoms with E-state index in [1.807, 2.05) is 6.07 Å². The standard InChI is InChI=1S/C9H9N3O3S/c10-6-8-2-3-9(7-11-8)16(13,14)12-4-1-5-15-12/h2-3,7H,1,4-5H2. The van der Waals surface area contributed by atoms with Gasteiger partial charge in [-0.1, -0.05) is 4.47 Å². The molecule has 2 heterocycles. The van der Waals surface area contributed by atoms with Crippen molar-refractivity contribution >= 4 is 10.0 Å². The van der Waals surface area contributed by atoms with E-state index in [9.17, 15) is 8.42 Å². The number of rotatable bonds is 2. The minimum atomic E-state index is -3.62. The normalized spacial score (nSPS) is 17.2. The largest absolute Gasteiger partial charge is 0.284 e. The van der Waals surface area contributed by atoms with Crippen molar-refractivity contribution in [3.05, 3.63) is 24.0 Å². The molecule has 1 fully saturated rings. The van der Waals surface area contributed by atoms with Crippen LogP contribution >= 0.6 is 0 Å². The van der Waals surface area contributed by atoms with Crippen LogP contribution in [0.4, 0.5) is 0 Å². The van der Waals surface area contributed by atoms with Crippen LogP contribution in [0.1, 0.15) is 12.1 Å². The Morgan fingerprint density at radius 3 is 2.81 bits per heavy atom. The van der Waals surface area contributed by atoms with E-state index in [0.717, 1.165) is 10.7 Å². The molecule has 0 atom stereocenters. The van der Waals surface area contributed by atoms with Gasteiger partial charge in [0.1, 0.15) is 16.7 Å². The number of hydrogen-bond acceptors (Lipinski definition) is 5. The first-order valence-electron chi connectivity index (χ1n) is 4.66. The van der Waals surface area contributed by atoms with Gasteiger partial charge in [-0.25, -0.2) is 13.4 Å². The molecule has 0 aromatic carbocycles. The van der Waals surface area contributed by atoms with Crippen molar-refractivity contribution < 1.29 is 13.3 Å². The van der Waals surface area contributed by atoms with Gasteiger partial charge in [0.25, 0.3) is 10.0 Å². The minimum absolute atomic E-state index is 0.0356. The number of nitrogens with zero attached hydrogens (tertiary/aromatic N) is 3. The van der Waals surface area contributed by atoms with Crippen LogP contribution in [0.25, 0.3) is 0 Å². The van der Waals surface area contributed by atoms with Crippen molar-refractivity contribution in [1.82, 2.24) is 9.45 Å². The van der Waals surface area contributed by atoms with Gasteiger partial charge in [-0.15, -0.1) is 0 Å². The summed E-state index contributed by atoms with van der Waals surface area (Å²) in [6.45, 7) is 0.755. The van der Waals surface area contributed by atoms with Crippen molar-refractivity contribution in [3.63, 3.8) is 0 Å². The summed E-state index contributed by atoms with van der Waals surface area (Å²) >= 11 is 0. The Labute approximate surface area is 93.1 Å². The lowest BCUT2D eigenvalue weighted by atomic mass is 10.4. The number of sulfonamides is 1. The van der Waals surface area contributed by atoms with Crippen LogP contribution in [-0.2, 0) is 14.9 Å². The van der Waals surface area contributed by atoms with Gasteiger partial charge < -0.3 is 0 Å². The highest BCUT2D eigenvalue weighted by molar-refractivity contribution is 7.89. The van der Waals surface area contributed by atoms with Gasteiger partial charge in [-0.05, 0) is 18.6 Å². The molecule has 1 aromatic heterocycles. The van der Waals surface area contributed by atoms with Crippen molar-refractivity contribution in [2.24, 2.45) is 0 Å². The summed E-state index contributed by atoms with van der Waals surface area (Å²) in [5, 5.41) is 8.55. The van der Waals surface area contributed by atoms with Gasteiger partial charge in [-0.2, -0.15) is 5.26 Å². The molecule has 0 bridgehead atoms. The summed E-state index contributed by atoms with van der Waals surface area (Å²) in [5.74, 6) is 0. The molecule has 6 nitrogen and oxygen atoms in total. The molecule has 0 radical (unpaired) electrons. The Morgan fingerprint density at radius 1 is 1.50 bits per heavy atom. The summed E-state index contributed by atoms with van der Waals surface area (Å²) in [6.07, 6.45) is 1.85. The third-order valence-corrected chi connectivity index (χ3v) is 3.80. The Bertz CT molecular complexity index is 512. The maximum absolute atomic E-state index is 11.9. The molecule has 7 heteroatoms. The molecule has 0 amide bonds. The van der Waals surface area contributed by atoms with Crippen LogP contribution in [0.15, 0.2) is 23.2 Å². The highest BCUT2D eigenvalue weighted by atomic mass is 32.2. The van der Waals surface area contributed by atoms with Crippen LogP contribution in [-0.4, -0.2) is 31.0 Å². The van der Waals surface area contributed by atoms with E-state index in [2.05, 4.69) is 4.98 Å². The lowest BCUT2D eigenvalue weighted by Gasteiger charge is -2.13. The number of hydrogen-bond donors (Lipinski definition) is 0. The van der Waals surface area contributed by atoms with Crippen molar-refractivity contribution in [2.75, 3.05) is 13.2 Å². The summed E-state index contributed by atoms with van der Waals surface area (Å²) < 4.78 is 24.8. The van der Waals surface area contributed by atoms with Crippen LogP contribution in [0.5, 0.6) is 0 Å². The Hall–Kier alpha value is -1.49. The maximum atomic E-state index is 11.9. The predicted molar refractivity (Wildman–Crippen MR) is 53.4 cm³/mol. The number of pyridine rings is 1. The van der Waals surface area contributed by atoms with Crippen LogP contribution in [0.2, 0.25) is 0 Å². The van der Waals surface area contributed by atoms with Gasteiger partial charge in [0.2, 0.25) is 0 Å². The molecule has 0 N–H and O–H groups in total.